The first kappa shape index (κ1) is 32.6. The van der Waals surface area contributed by atoms with Crippen molar-refractivity contribution in [1.29, 1.82) is 0 Å². The highest BCUT2D eigenvalue weighted by Gasteiger charge is 2.46. The fourth-order valence-corrected chi connectivity index (χ4v) is 7.00. The van der Waals surface area contributed by atoms with Crippen LogP contribution in [0.5, 0.6) is 0 Å². The van der Waals surface area contributed by atoms with Gasteiger partial charge in [0.05, 0.1) is 6.04 Å². The highest BCUT2D eigenvalue weighted by Crippen LogP contribution is 2.35. The van der Waals surface area contributed by atoms with E-state index in [2.05, 4.69) is 30.2 Å². The molecule has 13 heteroatoms. The first-order valence-corrected chi connectivity index (χ1v) is 16.1. The molecule has 12 nitrogen and oxygen atoms in total. The summed E-state index contributed by atoms with van der Waals surface area (Å²) >= 11 is 0. The molecule has 3 N–H and O–H groups in total. The molecule has 3 atom stereocenters. The standard InChI is InChI=1S/C32H45FN6O6/c1-32(2,3)44-30(42)35-24(19-33)20-7-9-22(10-8-20)29(41)39-18-15-25(38-16-5-4-6-17-38)26(39)28(40)34-23-13-11-21(12-14-23)27-36-31(43)45-37-27/h11-14,20,22,24-26H,4-10,15-19H2,1-3H3,(H,34,40)(H,35,42)(H,36,37,43)/t20?,22?,24-,25-,26+/m1/s1. The van der Waals surface area contributed by atoms with Gasteiger partial charge in [-0.2, -0.15) is 0 Å². The number of aromatic nitrogens is 2. The van der Waals surface area contributed by atoms with Crippen molar-refractivity contribution in [3.63, 3.8) is 0 Å². The number of anilines is 1. The quantitative estimate of drug-likeness (QED) is 0.396. The summed E-state index contributed by atoms with van der Waals surface area (Å²) < 4.78 is 23.9. The molecule has 3 heterocycles. The highest BCUT2D eigenvalue weighted by atomic mass is 19.1. The van der Waals surface area contributed by atoms with E-state index in [1.54, 1.807) is 49.9 Å². The number of nitrogens with zero attached hydrogens (tertiary/aromatic N) is 3. The van der Waals surface area contributed by atoms with Gasteiger partial charge in [-0.3, -0.25) is 24.0 Å². The van der Waals surface area contributed by atoms with Gasteiger partial charge in [-0.05, 0) is 109 Å². The van der Waals surface area contributed by atoms with Gasteiger partial charge in [0, 0.05) is 29.8 Å². The molecule has 0 radical (unpaired) electrons. The van der Waals surface area contributed by atoms with E-state index in [9.17, 15) is 23.6 Å². The average molecular weight is 629 g/mol. The van der Waals surface area contributed by atoms with Crippen molar-refractivity contribution in [2.24, 2.45) is 11.8 Å². The summed E-state index contributed by atoms with van der Waals surface area (Å²) in [6.07, 6.45) is 5.73. The number of aromatic amines is 1. The van der Waals surface area contributed by atoms with Crippen LogP contribution >= 0.6 is 0 Å². The number of rotatable bonds is 8. The Morgan fingerprint density at radius 1 is 1.04 bits per heavy atom. The van der Waals surface area contributed by atoms with Gasteiger partial charge in [0.2, 0.25) is 11.8 Å². The fraction of sp³-hybridized carbons (Fsp3) is 0.656. The lowest BCUT2D eigenvalue weighted by molar-refractivity contribution is -0.142. The lowest BCUT2D eigenvalue weighted by Crippen LogP contribution is -2.55. The van der Waals surface area contributed by atoms with Crippen molar-refractivity contribution in [1.82, 2.24) is 25.3 Å². The number of alkyl carbamates (subject to hydrolysis) is 1. The van der Waals surface area contributed by atoms with Crippen LogP contribution in [0.1, 0.15) is 72.1 Å². The Kier molecular flexibility index (Phi) is 10.3. The summed E-state index contributed by atoms with van der Waals surface area (Å²) in [5, 5.41) is 9.40. The second kappa shape index (κ2) is 14.1. The molecule has 45 heavy (non-hydrogen) atoms. The van der Waals surface area contributed by atoms with E-state index in [1.165, 1.54) is 0 Å². The molecule has 3 amide bonds. The molecule has 2 aliphatic heterocycles. The molecule has 2 aromatic rings. The minimum Gasteiger partial charge on any atom is -0.444 e. The first-order chi connectivity index (χ1) is 21.5. The largest absolute Gasteiger partial charge is 0.444 e. The van der Waals surface area contributed by atoms with Gasteiger partial charge in [0.25, 0.3) is 0 Å². The van der Waals surface area contributed by atoms with Gasteiger partial charge in [-0.1, -0.05) is 11.6 Å². The Morgan fingerprint density at radius 2 is 1.73 bits per heavy atom. The number of benzene rings is 1. The van der Waals surface area contributed by atoms with E-state index < -0.39 is 36.2 Å². The summed E-state index contributed by atoms with van der Waals surface area (Å²) in [4.78, 5) is 58.1. The number of carbonyl (C=O) groups is 3. The minimum atomic E-state index is -0.702. The summed E-state index contributed by atoms with van der Waals surface area (Å²) in [5.41, 5.74) is 0.527. The average Bonchev–Trinajstić information content (AvgIpc) is 3.66. The van der Waals surface area contributed by atoms with Crippen molar-refractivity contribution in [2.45, 2.75) is 95.9 Å². The van der Waals surface area contributed by atoms with Gasteiger partial charge in [-0.15, -0.1) is 0 Å². The third-order valence-corrected chi connectivity index (χ3v) is 9.20. The predicted octanol–water partition coefficient (Wildman–Crippen LogP) is 4.09. The van der Waals surface area contributed by atoms with Gasteiger partial charge in [-0.25, -0.2) is 14.0 Å². The number of likely N-dealkylation sites (tertiary alicyclic amines) is 2. The SMILES string of the molecule is CC(C)(C)OC(=O)N[C@H](CF)C1CCC(C(=O)N2CC[C@@H](N3CCCCC3)[C@H]2C(=O)Nc2ccc(-c3noc(=O)[nH]3)cc2)CC1. The molecule has 1 saturated carbocycles. The number of alkyl halides is 1. The highest BCUT2D eigenvalue weighted by molar-refractivity contribution is 5.98. The Hall–Kier alpha value is -3.74. The van der Waals surface area contributed by atoms with Crippen LogP contribution in [0.4, 0.5) is 14.9 Å². The Bertz CT molecular complexity index is 1370. The number of hydrogen-bond donors (Lipinski definition) is 3. The van der Waals surface area contributed by atoms with E-state index in [0.717, 1.165) is 38.8 Å². The molecule has 1 aromatic heterocycles. The maximum atomic E-state index is 14.0. The Labute approximate surface area is 262 Å². The van der Waals surface area contributed by atoms with Crippen LogP contribution in [-0.2, 0) is 14.3 Å². The molecule has 246 valence electrons. The zero-order chi connectivity index (χ0) is 32.1. The Morgan fingerprint density at radius 3 is 2.33 bits per heavy atom. The van der Waals surface area contributed by atoms with Crippen LogP contribution in [0.2, 0.25) is 0 Å². The maximum absolute atomic E-state index is 14.0. The monoisotopic (exact) mass is 628 g/mol. The smallest absolute Gasteiger partial charge is 0.439 e. The number of halogens is 1. The van der Waals surface area contributed by atoms with E-state index in [1.807, 2.05) is 0 Å². The molecule has 0 unspecified atom stereocenters. The zero-order valence-electron chi connectivity index (χ0n) is 26.4. The number of piperidine rings is 1. The number of nitrogens with one attached hydrogen (secondary N) is 3. The van der Waals surface area contributed by atoms with Crippen LogP contribution in [0.3, 0.4) is 0 Å². The third kappa shape index (κ3) is 8.11. The van der Waals surface area contributed by atoms with Crippen molar-refractivity contribution >= 4 is 23.6 Å². The van der Waals surface area contributed by atoms with E-state index >= 15 is 0 Å². The van der Waals surface area contributed by atoms with Gasteiger partial charge in [0.1, 0.15) is 18.3 Å². The molecular formula is C32H45FN6O6. The molecule has 1 aromatic carbocycles. The molecule has 2 saturated heterocycles. The molecule has 0 bridgehead atoms. The summed E-state index contributed by atoms with van der Waals surface area (Å²) in [7, 11) is 0. The number of H-pyrrole nitrogens is 1. The van der Waals surface area contributed by atoms with Crippen LogP contribution in [0.25, 0.3) is 11.4 Å². The zero-order valence-corrected chi connectivity index (χ0v) is 26.4. The lowest BCUT2D eigenvalue weighted by Gasteiger charge is -2.38. The van der Waals surface area contributed by atoms with E-state index in [-0.39, 0.29) is 29.7 Å². The fourth-order valence-electron chi connectivity index (χ4n) is 7.00. The van der Waals surface area contributed by atoms with Gasteiger partial charge < -0.3 is 20.3 Å². The number of ether oxygens (including phenoxy) is 1. The van der Waals surface area contributed by atoms with Crippen molar-refractivity contribution in [3.05, 3.63) is 34.8 Å². The second-order valence-electron chi connectivity index (χ2n) is 13.5. The van der Waals surface area contributed by atoms with Crippen molar-refractivity contribution < 1.29 is 28.0 Å². The summed E-state index contributed by atoms with van der Waals surface area (Å²) in [6.45, 7) is 6.89. The minimum absolute atomic E-state index is 0.0321. The Balaban J connectivity index is 1.24. The van der Waals surface area contributed by atoms with Gasteiger partial charge >= 0.3 is 11.8 Å². The van der Waals surface area contributed by atoms with Crippen LogP contribution in [0, 0.1) is 11.8 Å². The van der Waals surface area contributed by atoms with Crippen LogP contribution < -0.4 is 16.4 Å². The molecular weight excluding hydrogens is 583 g/mol. The normalized spacial score (nSPS) is 25.0. The van der Waals surface area contributed by atoms with E-state index in [4.69, 9.17) is 4.74 Å². The van der Waals surface area contributed by atoms with Crippen LogP contribution in [0.15, 0.2) is 33.6 Å². The third-order valence-electron chi connectivity index (χ3n) is 9.20. The van der Waals surface area contributed by atoms with Crippen LogP contribution in [-0.4, -0.2) is 87.9 Å². The number of amides is 3. The number of hydrogen-bond acceptors (Lipinski definition) is 8. The maximum Gasteiger partial charge on any atom is 0.439 e. The van der Waals surface area contributed by atoms with Crippen molar-refractivity contribution in [2.75, 3.05) is 31.6 Å². The summed E-state index contributed by atoms with van der Waals surface area (Å²) in [6, 6.07) is 5.54. The molecule has 1 aliphatic carbocycles. The predicted molar refractivity (Wildman–Crippen MR) is 165 cm³/mol. The topological polar surface area (TPSA) is 150 Å². The van der Waals surface area contributed by atoms with E-state index in [0.29, 0.717) is 49.3 Å². The first-order valence-electron chi connectivity index (χ1n) is 16.1. The van der Waals surface area contributed by atoms with Crippen molar-refractivity contribution in [3.8, 4) is 11.4 Å². The van der Waals surface area contributed by atoms with Gasteiger partial charge in [0.15, 0.2) is 5.82 Å². The molecule has 3 fully saturated rings. The molecule has 0 spiro atoms. The second-order valence-corrected chi connectivity index (χ2v) is 13.5. The summed E-state index contributed by atoms with van der Waals surface area (Å²) in [5.74, 6) is -0.970. The molecule has 5 rings (SSSR count). The lowest BCUT2D eigenvalue weighted by atomic mass is 9.78. The molecule has 3 aliphatic rings. The number of carbonyl (C=O) groups excluding carboxylic acids is 3.